The number of benzene rings is 1. The molecule has 1 atom stereocenters. The largest absolute Gasteiger partial charge is 0.468 e. The Morgan fingerprint density at radius 1 is 1.42 bits per heavy atom. The monoisotopic (exact) mass is 196 g/mol. The Hall–Kier alpha value is -0.386. The summed E-state index contributed by atoms with van der Waals surface area (Å²) in [5.74, 6) is 0.687. The molecule has 66 valence electrons. The maximum Gasteiger partial charge on any atom is 0.146 e. The highest BCUT2D eigenvalue weighted by Crippen LogP contribution is 2.17. The molecule has 0 spiro atoms. The zero-order valence-electron chi connectivity index (χ0n) is 7.79. The molecule has 1 rings (SSSR count). The van der Waals surface area contributed by atoms with Crippen molar-refractivity contribution in [2.45, 2.75) is 18.9 Å². The summed E-state index contributed by atoms with van der Waals surface area (Å²) in [6.07, 6.45) is 0. The molecule has 0 bridgehead atoms. The van der Waals surface area contributed by atoms with Gasteiger partial charge in [0.15, 0.2) is 0 Å². The van der Waals surface area contributed by atoms with Crippen LogP contribution in [-0.4, -0.2) is 20.2 Å². The van der Waals surface area contributed by atoms with E-state index < -0.39 is 0 Å². The minimum absolute atomic E-state index is 0.208. The van der Waals surface area contributed by atoms with Gasteiger partial charge in [0.2, 0.25) is 0 Å². The first-order valence-electron chi connectivity index (χ1n) is 4.38. The van der Waals surface area contributed by atoms with Crippen LogP contribution in [0.3, 0.4) is 0 Å². The fourth-order valence-electron chi connectivity index (χ4n) is 1.24. The van der Waals surface area contributed by atoms with E-state index in [4.69, 9.17) is 4.12 Å². The third-order valence-corrected chi connectivity index (χ3v) is 4.86. The van der Waals surface area contributed by atoms with E-state index in [1.165, 1.54) is 11.6 Å². The van der Waals surface area contributed by atoms with Gasteiger partial charge in [-0.2, -0.15) is 0 Å². The fourth-order valence-corrected chi connectivity index (χ4v) is 2.87. The molecule has 12 heavy (non-hydrogen) atoms. The predicted octanol–water partition coefficient (Wildman–Crippen LogP) is 0.589. The summed E-state index contributed by atoms with van der Waals surface area (Å²) in [6.45, 7) is 2.28. The van der Waals surface area contributed by atoms with Crippen LogP contribution >= 0.6 is 0 Å². The van der Waals surface area contributed by atoms with E-state index in [9.17, 15) is 0 Å². The van der Waals surface area contributed by atoms with Gasteiger partial charge in [0.25, 0.3) is 0 Å². The van der Waals surface area contributed by atoms with Gasteiger partial charge in [0.1, 0.15) is 20.2 Å². The van der Waals surface area contributed by atoms with Crippen LogP contribution in [0.15, 0.2) is 30.3 Å². The normalized spacial score (nSPS) is 14.1. The Labute approximate surface area is 79.6 Å². The minimum Gasteiger partial charge on any atom is -0.468 e. The zero-order valence-corrected chi connectivity index (χ0v) is 11.2. The third kappa shape index (κ3) is 2.93. The molecule has 0 saturated carbocycles. The molecule has 1 aromatic rings. The quantitative estimate of drug-likeness (QED) is 0.641. The van der Waals surface area contributed by atoms with Crippen molar-refractivity contribution in [2.75, 3.05) is 0 Å². The first-order valence-corrected chi connectivity index (χ1v) is 6.78. The van der Waals surface area contributed by atoms with Gasteiger partial charge in [-0.25, -0.2) is 0 Å². The number of hydrogen-bond donors (Lipinski definition) is 0. The third-order valence-electron chi connectivity index (χ3n) is 2.12. The second-order valence-corrected chi connectivity index (χ2v) is 6.39. The van der Waals surface area contributed by atoms with Crippen LogP contribution in [-0.2, 0) is 4.12 Å². The second kappa shape index (κ2) is 5.29. The summed E-state index contributed by atoms with van der Waals surface area (Å²) < 4.78 is 5.31. The highest BCUT2D eigenvalue weighted by Gasteiger charge is 2.03. The Morgan fingerprint density at radius 3 is 2.67 bits per heavy atom. The molecule has 0 N–H and O–H groups in total. The van der Waals surface area contributed by atoms with Crippen LogP contribution in [0.25, 0.3) is 0 Å². The fraction of sp³-hybridized carbons (Fsp3) is 0.333. The molecule has 0 aliphatic rings. The number of hydrogen-bond acceptors (Lipinski definition) is 1. The minimum atomic E-state index is -0.208. The van der Waals surface area contributed by atoms with E-state index in [2.05, 4.69) is 37.3 Å². The molecule has 0 aliphatic heterocycles. The van der Waals surface area contributed by atoms with Crippen molar-refractivity contribution in [2.24, 2.45) is 0 Å². The summed E-state index contributed by atoms with van der Waals surface area (Å²) >= 11 is 0. The van der Waals surface area contributed by atoms with E-state index >= 15 is 0 Å². The van der Waals surface area contributed by atoms with Crippen molar-refractivity contribution in [3.8, 4) is 0 Å². The molecule has 1 aromatic carbocycles. The van der Waals surface area contributed by atoms with Crippen LogP contribution < -0.4 is 0 Å². The topological polar surface area (TPSA) is 9.23 Å². The van der Waals surface area contributed by atoms with Gasteiger partial charge in [-0.05, 0) is 17.5 Å². The Bertz CT molecular complexity index is 213. The molecule has 0 fully saturated rings. The van der Waals surface area contributed by atoms with Gasteiger partial charge in [-0.15, -0.1) is 0 Å². The first kappa shape index (κ1) is 9.70. The van der Waals surface area contributed by atoms with E-state index in [-0.39, 0.29) is 9.76 Å². The molecule has 0 aliphatic carbocycles. The van der Waals surface area contributed by atoms with Gasteiger partial charge < -0.3 is 4.12 Å². The molecule has 0 radical (unpaired) electrons. The van der Waals surface area contributed by atoms with E-state index in [1.54, 1.807) is 0 Å². The lowest BCUT2D eigenvalue weighted by Gasteiger charge is -2.09. The summed E-state index contributed by atoms with van der Waals surface area (Å²) in [6, 6.07) is 12.0. The maximum absolute atomic E-state index is 5.31. The van der Waals surface area contributed by atoms with Crippen LogP contribution in [0, 0.1) is 0 Å². The van der Waals surface area contributed by atoms with Crippen molar-refractivity contribution in [3.63, 3.8) is 0 Å². The number of rotatable bonds is 4. The van der Waals surface area contributed by atoms with Crippen LogP contribution in [0.4, 0.5) is 0 Å². The van der Waals surface area contributed by atoms with E-state index in [1.807, 2.05) is 0 Å². The standard InChI is InChI=1S/C9H16OSi2/c1-8(7-12-10-11)9-5-3-2-4-6-9/h2-6,8H,7,12H2,1,11H3. The summed E-state index contributed by atoms with van der Waals surface area (Å²) in [5.41, 5.74) is 1.45. The molecule has 0 heterocycles. The summed E-state index contributed by atoms with van der Waals surface area (Å²) in [4.78, 5) is 0. The van der Waals surface area contributed by atoms with Crippen molar-refractivity contribution in [1.29, 1.82) is 0 Å². The highest BCUT2D eigenvalue weighted by molar-refractivity contribution is 6.34. The Balaban J connectivity index is 2.48. The lowest BCUT2D eigenvalue weighted by molar-refractivity contribution is 0.647. The molecule has 0 amide bonds. The van der Waals surface area contributed by atoms with Crippen molar-refractivity contribution in [3.05, 3.63) is 35.9 Å². The smallest absolute Gasteiger partial charge is 0.146 e. The first-order chi connectivity index (χ1) is 5.84. The van der Waals surface area contributed by atoms with Gasteiger partial charge in [0, 0.05) is 0 Å². The molecule has 0 saturated heterocycles. The van der Waals surface area contributed by atoms with Crippen molar-refractivity contribution in [1.82, 2.24) is 0 Å². The van der Waals surface area contributed by atoms with Gasteiger partial charge in [-0.3, -0.25) is 0 Å². The molecule has 1 unspecified atom stereocenters. The second-order valence-electron chi connectivity index (χ2n) is 3.09. The van der Waals surface area contributed by atoms with E-state index in [0.29, 0.717) is 5.92 Å². The average molecular weight is 196 g/mol. The van der Waals surface area contributed by atoms with Gasteiger partial charge in [-0.1, -0.05) is 37.3 Å². The van der Waals surface area contributed by atoms with Gasteiger partial charge >= 0.3 is 0 Å². The van der Waals surface area contributed by atoms with Crippen LogP contribution in [0.1, 0.15) is 18.4 Å². The Morgan fingerprint density at radius 2 is 2.08 bits per heavy atom. The lowest BCUT2D eigenvalue weighted by atomic mass is 10.0. The maximum atomic E-state index is 5.31. The van der Waals surface area contributed by atoms with Crippen molar-refractivity contribution >= 4 is 20.2 Å². The predicted molar refractivity (Wildman–Crippen MR) is 59.2 cm³/mol. The molecular weight excluding hydrogens is 180 g/mol. The zero-order chi connectivity index (χ0) is 8.81. The lowest BCUT2D eigenvalue weighted by Crippen LogP contribution is -2.01. The average Bonchev–Trinajstić information content (AvgIpc) is 2.15. The Kier molecular flexibility index (Phi) is 4.28. The molecule has 3 heteroatoms. The van der Waals surface area contributed by atoms with Gasteiger partial charge in [0.05, 0.1) is 0 Å². The SMILES string of the molecule is CC(C[SiH2]O[SiH3])c1ccccc1. The molecule has 1 nitrogen and oxygen atoms in total. The van der Waals surface area contributed by atoms with Crippen LogP contribution in [0.5, 0.6) is 0 Å². The summed E-state index contributed by atoms with van der Waals surface area (Å²) in [7, 11) is 0.711. The molecular formula is C9H16OSi2. The van der Waals surface area contributed by atoms with Crippen molar-refractivity contribution < 1.29 is 4.12 Å². The summed E-state index contributed by atoms with van der Waals surface area (Å²) in [5, 5.41) is 0. The highest BCUT2D eigenvalue weighted by atomic mass is 28.3. The van der Waals surface area contributed by atoms with E-state index in [0.717, 1.165) is 10.5 Å². The van der Waals surface area contributed by atoms with Crippen LogP contribution in [0.2, 0.25) is 6.04 Å². The molecule has 0 aromatic heterocycles.